The number of nitrogen functional groups attached to an aromatic ring is 1. The maximum atomic E-state index is 5.42. The molecule has 0 aliphatic heterocycles. The number of nitrogens with zero attached hydrogens (tertiary/aromatic N) is 3. The topological polar surface area (TPSA) is 56.7 Å². The maximum absolute atomic E-state index is 5.42. The average Bonchev–Trinajstić information content (AvgIpc) is 2.33. The monoisotopic (exact) mass is 182 g/mol. The zero-order valence-electron chi connectivity index (χ0n) is 8.78. The Hall–Kier alpha value is -1.06. The second-order valence-corrected chi connectivity index (χ2v) is 4.59. The van der Waals surface area contributed by atoms with Crippen LogP contribution in [0.15, 0.2) is 6.33 Å². The molecule has 0 aliphatic carbocycles. The zero-order valence-corrected chi connectivity index (χ0v) is 8.78. The van der Waals surface area contributed by atoms with Crippen LogP contribution in [-0.2, 0) is 6.54 Å². The van der Waals surface area contributed by atoms with Crippen LogP contribution in [0.3, 0.4) is 0 Å². The van der Waals surface area contributed by atoms with Crippen molar-refractivity contribution in [1.29, 1.82) is 0 Å². The average molecular weight is 182 g/mol. The minimum absolute atomic E-state index is 0.292. The lowest BCUT2D eigenvalue weighted by Gasteiger charge is -2.26. The van der Waals surface area contributed by atoms with Crippen LogP contribution in [0.4, 0.5) is 5.95 Å². The molecule has 0 fully saturated rings. The van der Waals surface area contributed by atoms with E-state index in [2.05, 4.69) is 37.8 Å². The van der Waals surface area contributed by atoms with Gasteiger partial charge in [-0.1, -0.05) is 27.7 Å². The first-order valence-electron chi connectivity index (χ1n) is 4.54. The van der Waals surface area contributed by atoms with Crippen molar-refractivity contribution in [2.24, 2.45) is 11.3 Å². The van der Waals surface area contributed by atoms with Crippen LogP contribution < -0.4 is 5.73 Å². The van der Waals surface area contributed by atoms with E-state index in [4.69, 9.17) is 5.73 Å². The summed E-state index contributed by atoms with van der Waals surface area (Å²) in [6.07, 6.45) is 1.68. The van der Waals surface area contributed by atoms with Crippen LogP contribution >= 0.6 is 0 Å². The van der Waals surface area contributed by atoms with Gasteiger partial charge in [-0.25, -0.2) is 4.98 Å². The first-order valence-corrected chi connectivity index (χ1v) is 4.54. The van der Waals surface area contributed by atoms with Gasteiger partial charge in [0.1, 0.15) is 6.33 Å². The fourth-order valence-corrected chi connectivity index (χ4v) is 0.951. The van der Waals surface area contributed by atoms with Gasteiger partial charge < -0.3 is 5.73 Å². The number of hydrogen-bond acceptors (Lipinski definition) is 3. The molecule has 4 heteroatoms. The molecule has 0 aromatic carbocycles. The molecule has 0 saturated carbocycles. The van der Waals surface area contributed by atoms with E-state index in [1.54, 1.807) is 11.0 Å². The molecule has 1 rings (SSSR count). The van der Waals surface area contributed by atoms with Gasteiger partial charge in [-0.2, -0.15) is 0 Å². The minimum Gasteiger partial charge on any atom is -0.367 e. The van der Waals surface area contributed by atoms with Gasteiger partial charge in [-0.15, -0.1) is 5.10 Å². The van der Waals surface area contributed by atoms with Crippen molar-refractivity contribution in [2.75, 3.05) is 5.73 Å². The largest absolute Gasteiger partial charge is 0.367 e. The molecule has 1 aromatic rings. The van der Waals surface area contributed by atoms with Gasteiger partial charge >= 0.3 is 0 Å². The lowest BCUT2D eigenvalue weighted by atomic mass is 9.82. The molecular weight excluding hydrogens is 164 g/mol. The molecule has 0 spiro atoms. The normalized spacial score (nSPS) is 14.5. The molecule has 4 nitrogen and oxygen atoms in total. The molecular formula is C9H18N4. The van der Waals surface area contributed by atoms with Crippen LogP contribution in [0.25, 0.3) is 0 Å². The summed E-state index contributed by atoms with van der Waals surface area (Å²) in [5.41, 5.74) is 5.71. The van der Waals surface area contributed by atoms with E-state index < -0.39 is 0 Å². The smallest absolute Gasteiger partial charge is 0.239 e. The van der Waals surface area contributed by atoms with E-state index in [-0.39, 0.29) is 0 Å². The third kappa shape index (κ3) is 2.72. The van der Waals surface area contributed by atoms with Crippen LogP contribution in [-0.4, -0.2) is 14.8 Å². The third-order valence-corrected chi connectivity index (χ3v) is 2.49. The van der Waals surface area contributed by atoms with Gasteiger partial charge in [0.15, 0.2) is 0 Å². The second-order valence-electron chi connectivity index (χ2n) is 4.59. The molecule has 74 valence electrons. The van der Waals surface area contributed by atoms with E-state index >= 15 is 0 Å². The Morgan fingerprint density at radius 2 is 2.15 bits per heavy atom. The van der Waals surface area contributed by atoms with Gasteiger partial charge in [0.05, 0.1) is 0 Å². The summed E-state index contributed by atoms with van der Waals surface area (Å²) in [4.78, 5) is 3.88. The zero-order chi connectivity index (χ0) is 10.1. The van der Waals surface area contributed by atoms with E-state index in [1.165, 1.54) is 0 Å². The molecule has 0 saturated heterocycles. The van der Waals surface area contributed by atoms with Crippen molar-refractivity contribution < 1.29 is 0 Å². The fourth-order valence-electron chi connectivity index (χ4n) is 0.951. The van der Waals surface area contributed by atoms with Gasteiger partial charge in [-0.3, -0.25) is 4.68 Å². The van der Waals surface area contributed by atoms with Gasteiger partial charge in [-0.05, 0) is 11.3 Å². The Labute approximate surface area is 79.2 Å². The Morgan fingerprint density at radius 1 is 1.54 bits per heavy atom. The van der Waals surface area contributed by atoms with Crippen molar-refractivity contribution in [3.8, 4) is 0 Å². The standard InChI is InChI=1S/C9H18N4/c1-7(9(2,3)4)5-13-6-11-8(10)12-13/h6-7H,5H2,1-4H3,(H2,10,12). The SMILES string of the molecule is CC(Cn1cnc(N)n1)C(C)(C)C. The Morgan fingerprint density at radius 3 is 2.54 bits per heavy atom. The Kier molecular flexibility index (Phi) is 2.59. The van der Waals surface area contributed by atoms with E-state index in [0.29, 0.717) is 17.3 Å². The molecule has 1 atom stereocenters. The highest BCUT2D eigenvalue weighted by molar-refractivity contribution is 5.09. The molecule has 2 N–H and O–H groups in total. The number of hydrogen-bond donors (Lipinski definition) is 1. The lowest BCUT2D eigenvalue weighted by Crippen LogP contribution is -2.22. The summed E-state index contributed by atoms with van der Waals surface area (Å²) in [5, 5.41) is 4.05. The van der Waals surface area contributed by atoms with Crippen LogP contribution in [0, 0.1) is 11.3 Å². The van der Waals surface area contributed by atoms with E-state index in [1.807, 2.05) is 0 Å². The van der Waals surface area contributed by atoms with Gasteiger partial charge in [0.2, 0.25) is 5.95 Å². The van der Waals surface area contributed by atoms with Crippen molar-refractivity contribution in [3.63, 3.8) is 0 Å². The predicted molar refractivity (Wildman–Crippen MR) is 53.1 cm³/mol. The highest BCUT2D eigenvalue weighted by Gasteiger charge is 2.20. The summed E-state index contributed by atoms with van der Waals surface area (Å²) in [6, 6.07) is 0. The highest BCUT2D eigenvalue weighted by Crippen LogP contribution is 2.26. The van der Waals surface area contributed by atoms with Crippen molar-refractivity contribution in [1.82, 2.24) is 14.8 Å². The quantitative estimate of drug-likeness (QED) is 0.754. The Balaban J connectivity index is 2.60. The number of anilines is 1. The lowest BCUT2D eigenvalue weighted by molar-refractivity contribution is 0.225. The molecule has 0 amide bonds. The molecule has 0 radical (unpaired) electrons. The van der Waals surface area contributed by atoms with Crippen molar-refractivity contribution >= 4 is 5.95 Å². The maximum Gasteiger partial charge on any atom is 0.239 e. The van der Waals surface area contributed by atoms with E-state index in [9.17, 15) is 0 Å². The van der Waals surface area contributed by atoms with Crippen molar-refractivity contribution in [3.05, 3.63) is 6.33 Å². The fraction of sp³-hybridized carbons (Fsp3) is 0.778. The molecule has 1 aromatic heterocycles. The predicted octanol–water partition coefficient (Wildman–Crippen LogP) is 1.54. The summed E-state index contributed by atoms with van der Waals surface area (Å²) in [6.45, 7) is 9.74. The van der Waals surface area contributed by atoms with Crippen LogP contribution in [0.2, 0.25) is 0 Å². The molecule has 13 heavy (non-hydrogen) atoms. The number of aromatic nitrogens is 3. The second kappa shape index (κ2) is 3.36. The molecule has 0 aliphatic rings. The molecule has 1 unspecified atom stereocenters. The molecule has 0 bridgehead atoms. The van der Waals surface area contributed by atoms with Gasteiger partial charge in [0, 0.05) is 6.54 Å². The summed E-state index contributed by atoms with van der Waals surface area (Å²) >= 11 is 0. The number of nitrogens with two attached hydrogens (primary N) is 1. The molecule has 1 heterocycles. The summed E-state index contributed by atoms with van der Waals surface area (Å²) in [5.74, 6) is 0.898. The highest BCUT2D eigenvalue weighted by atomic mass is 15.4. The summed E-state index contributed by atoms with van der Waals surface area (Å²) in [7, 11) is 0. The van der Waals surface area contributed by atoms with Crippen LogP contribution in [0.1, 0.15) is 27.7 Å². The Bertz CT molecular complexity index is 271. The van der Waals surface area contributed by atoms with E-state index in [0.717, 1.165) is 6.54 Å². The third-order valence-electron chi connectivity index (χ3n) is 2.49. The van der Waals surface area contributed by atoms with Crippen molar-refractivity contribution in [2.45, 2.75) is 34.2 Å². The number of rotatable bonds is 2. The first kappa shape index (κ1) is 10.0. The minimum atomic E-state index is 0.292. The van der Waals surface area contributed by atoms with Crippen LogP contribution in [0.5, 0.6) is 0 Å². The van der Waals surface area contributed by atoms with Gasteiger partial charge in [0.25, 0.3) is 0 Å². The first-order chi connectivity index (χ1) is 5.89. The summed E-state index contributed by atoms with van der Waals surface area (Å²) < 4.78 is 1.80.